The average Bonchev–Trinajstić information content (AvgIpc) is 2.59. The molecule has 0 bridgehead atoms. The first kappa shape index (κ1) is 25.8. The Morgan fingerprint density at radius 2 is 1.43 bits per heavy atom. The zero-order valence-electron chi connectivity index (χ0n) is 19.2. The summed E-state index contributed by atoms with van der Waals surface area (Å²) in [5, 5.41) is 0.687. The standard InChI is InChI=1S/C25H42BrClO/c1-8-9-10-11-12-13-14-24(25(18(2)3,19(4)5)20(6)7)28-23-16-15-21(26)17-22(23)27/h15-20,24H,8-14H2,1-7H3. The van der Waals surface area contributed by atoms with Crippen LogP contribution in [0.5, 0.6) is 5.75 Å². The molecule has 0 radical (unpaired) electrons. The van der Waals surface area contributed by atoms with Gasteiger partial charge in [-0.15, -0.1) is 0 Å². The van der Waals surface area contributed by atoms with E-state index in [1.165, 1.54) is 38.5 Å². The van der Waals surface area contributed by atoms with Crippen LogP contribution in [-0.2, 0) is 0 Å². The van der Waals surface area contributed by atoms with Crippen molar-refractivity contribution in [2.24, 2.45) is 23.2 Å². The SMILES string of the molecule is CCCCCCCCC(Oc1ccc(Br)cc1Cl)C(C(C)C)(C(C)C)C(C)C. The normalized spacial score (nSPS) is 13.6. The lowest BCUT2D eigenvalue weighted by Gasteiger charge is -2.50. The van der Waals surface area contributed by atoms with Crippen LogP contribution < -0.4 is 4.74 Å². The largest absolute Gasteiger partial charge is 0.488 e. The van der Waals surface area contributed by atoms with Gasteiger partial charge in [0.1, 0.15) is 11.9 Å². The van der Waals surface area contributed by atoms with Gasteiger partial charge >= 0.3 is 0 Å². The third-order valence-corrected chi connectivity index (χ3v) is 7.33. The number of benzene rings is 1. The maximum atomic E-state index is 6.72. The second-order valence-electron chi connectivity index (χ2n) is 9.20. The van der Waals surface area contributed by atoms with Crippen LogP contribution in [0.1, 0.15) is 93.4 Å². The Hall–Kier alpha value is -0.210. The first-order chi connectivity index (χ1) is 13.2. The van der Waals surface area contributed by atoms with Crippen molar-refractivity contribution in [3.63, 3.8) is 0 Å². The zero-order valence-corrected chi connectivity index (χ0v) is 21.5. The molecular weight excluding hydrogens is 432 g/mol. The van der Waals surface area contributed by atoms with Gasteiger partial charge in [0.05, 0.1) is 5.02 Å². The van der Waals surface area contributed by atoms with E-state index in [9.17, 15) is 0 Å². The molecule has 1 aromatic rings. The van der Waals surface area contributed by atoms with Crippen molar-refractivity contribution in [3.05, 3.63) is 27.7 Å². The Balaban J connectivity index is 3.10. The maximum Gasteiger partial charge on any atom is 0.138 e. The van der Waals surface area contributed by atoms with Gasteiger partial charge in [0.25, 0.3) is 0 Å². The number of rotatable bonds is 13. The van der Waals surface area contributed by atoms with E-state index < -0.39 is 0 Å². The van der Waals surface area contributed by atoms with E-state index in [4.69, 9.17) is 16.3 Å². The molecule has 0 aliphatic heterocycles. The van der Waals surface area contributed by atoms with Gasteiger partial charge in [-0.1, -0.05) is 108 Å². The third-order valence-electron chi connectivity index (χ3n) is 6.54. The molecule has 1 aromatic carbocycles. The molecule has 0 aromatic heterocycles. The van der Waals surface area contributed by atoms with Crippen molar-refractivity contribution in [2.45, 2.75) is 99.5 Å². The highest BCUT2D eigenvalue weighted by atomic mass is 79.9. The van der Waals surface area contributed by atoms with Crippen LogP contribution in [-0.4, -0.2) is 6.10 Å². The van der Waals surface area contributed by atoms with E-state index in [1.54, 1.807) is 0 Å². The molecule has 0 fully saturated rings. The van der Waals surface area contributed by atoms with Crippen LogP contribution in [0.4, 0.5) is 0 Å². The molecule has 0 N–H and O–H groups in total. The molecule has 1 atom stereocenters. The van der Waals surface area contributed by atoms with E-state index >= 15 is 0 Å². The molecule has 162 valence electrons. The van der Waals surface area contributed by atoms with Crippen molar-refractivity contribution in [2.75, 3.05) is 0 Å². The molecule has 1 rings (SSSR count). The smallest absolute Gasteiger partial charge is 0.138 e. The van der Waals surface area contributed by atoms with Crippen LogP contribution in [0.3, 0.4) is 0 Å². The molecule has 0 spiro atoms. The maximum absolute atomic E-state index is 6.72. The summed E-state index contributed by atoms with van der Waals surface area (Å²) in [6, 6.07) is 5.96. The molecular formula is C25H42BrClO. The fourth-order valence-corrected chi connectivity index (χ4v) is 6.08. The lowest BCUT2D eigenvalue weighted by Crippen LogP contribution is -2.51. The van der Waals surface area contributed by atoms with Crippen LogP contribution >= 0.6 is 27.5 Å². The number of ether oxygens (including phenoxy) is 1. The first-order valence-electron chi connectivity index (χ1n) is 11.3. The predicted molar refractivity (Wildman–Crippen MR) is 129 cm³/mol. The van der Waals surface area contributed by atoms with Crippen molar-refractivity contribution in [3.8, 4) is 5.75 Å². The fourth-order valence-electron chi connectivity index (χ4n) is 5.36. The third kappa shape index (κ3) is 6.66. The Kier molecular flexibility index (Phi) is 11.5. The molecule has 1 nitrogen and oxygen atoms in total. The van der Waals surface area contributed by atoms with Gasteiger partial charge in [0, 0.05) is 9.89 Å². The molecule has 28 heavy (non-hydrogen) atoms. The highest BCUT2D eigenvalue weighted by Crippen LogP contribution is 2.49. The molecule has 0 aliphatic rings. The summed E-state index contributed by atoms with van der Waals surface area (Å²) in [6.45, 7) is 16.4. The van der Waals surface area contributed by atoms with Gasteiger partial charge in [-0.3, -0.25) is 0 Å². The van der Waals surface area contributed by atoms with Crippen molar-refractivity contribution in [1.82, 2.24) is 0 Å². The van der Waals surface area contributed by atoms with Crippen LogP contribution in [0.25, 0.3) is 0 Å². The fraction of sp³-hybridized carbons (Fsp3) is 0.760. The number of hydrogen-bond donors (Lipinski definition) is 0. The molecule has 1 unspecified atom stereocenters. The molecule has 0 heterocycles. The number of unbranched alkanes of at least 4 members (excludes halogenated alkanes) is 5. The summed E-state index contributed by atoms with van der Waals surface area (Å²) >= 11 is 10.0. The van der Waals surface area contributed by atoms with Crippen LogP contribution in [0.15, 0.2) is 22.7 Å². The van der Waals surface area contributed by atoms with E-state index in [0.717, 1.165) is 16.6 Å². The highest BCUT2D eigenvalue weighted by Gasteiger charge is 2.48. The lowest BCUT2D eigenvalue weighted by molar-refractivity contribution is -0.0713. The van der Waals surface area contributed by atoms with Gasteiger partial charge in [0.15, 0.2) is 0 Å². The van der Waals surface area contributed by atoms with Gasteiger partial charge in [0.2, 0.25) is 0 Å². The van der Waals surface area contributed by atoms with E-state index in [-0.39, 0.29) is 11.5 Å². The van der Waals surface area contributed by atoms with E-state index in [2.05, 4.69) is 64.4 Å². The van der Waals surface area contributed by atoms with Gasteiger partial charge in [-0.2, -0.15) is 0 Å². The minimum atomic E-state index is 0.111. The summed E-state index contributed by atoms with van der Waals surface area (Å²) in [7, 11) is 0. The summed E-state index contributed by atoms with van der Waals surface area (Å²) in [5.41, 5.74) is 0.111. The van der Waals surface area contributed by atoms with Crippen LogP contribution in [0.2, 0.25) is 5.02 Å². The first-order valence-corrected chi connectivity index (χ1v) is 12.5. The second kappa shape index (κ2) is 12.5. The Morgan fingerprint density at radius 1 is 0.893 bits per heavy atom. The van der Waals surface area contributed by atoms with Gasteiger partial charge in [-0.05, 0) is 48.8 Å². The van der Waals surface area contributed by atoms with E-state index in [0.29, 0.717) is 22.8 Å². The number of hydrogen-bond acceptors (Lipinski definition) is 1. The minimum Gasteiger partial charge on any atom is -0.488 e. The molecule has 0 saturated heterocycles. The average molecular weight is 474 g/mol. The quantitative estimate of drug-likeness (QED) is 0.259. The molecule has 3 heteroatoms. The van der Waals surface area contributed by atoms with E-state index in [1.807, 2.05) is 18.2 Å². The molecule has 0 aliphatic carbocycles. The minimum absolute atomic E-state index is 0.111. The summed E-state index contributed by atoms with van der Waals surface area (Å²) in [5.74, 6) is 2.41. The number of halogens is 2. The topological polar surface area (TPSA) is 9.23 Å². The highest BCUT2D eigenvalue weighted by molar-refractivity contribution is 9.10. The van der Waals surface area contributed by atoms with Crippen molar-refractivity contribution < 1.29 is 4.74 Å². The summed E-state index contributed by atoms with van der Waals surface area (Å²) in [4.78, 5) is 0. The predicted octanol–water partition coefficient (Wildman–Crippen LogP) is 9.55. The Bertz CT molecular complexity index is 546. The Labute approximate surface area is 188 Å². The molecule has 0 amide bonds. The monoisotopic (exact) mass is 472 g/mol. The van der Waals surface area contributed by atoms with Crippen LogP contribution in [0, 0.1) is 23.2 Å². The van der Waals surface area contributed by atoms with Gasteiger partial charge < -0.3 is 4.74 Å². The van der Waals surface area contributed by atoms with Crippen molar-refractivity contribution in [1.29, 1.82) is 0 Å². The summed E-state index contributed by atoms with van der Waals surface area (Å²) < 4.78 is 7.71. The molecule has 0 saturated carbocycles. The Morgan fingerprint density at radius 3 is 1.93 bits per heavy atom. The van der Waals surface area contributed by atoms with Gasteiger partial charge in [-0.25, -0.2) is 0 Å². The van der Waals surface area contributed by atoms with Crippen molar-refractivity contribution >= 4 is 27.5 Å². The summed E-state index contributed by atoms with van der Waals surface area (Å²) in [6.07, 6.45) is 9.09. The second-order valence-corrected chi connectivity index (χ2v) is 10.5. The zero-order chi connectivity index (χ0) is 21.3. The lowest BCUT2D eigenvalue weighted by atomic mass is 9.58.